The molecule has 3 unspecified atom stereocenters. The maximum Gasteiger partial charge on any atom is 0.107 e. The Morgan fingerprint density at radius 1 is 1.50 bits per heavy atom. The van der Waals surface area contributed by atoms with Gasteiger partial charge < -0.3 is 5.11 Å². The van der Waals surface area contributed by atoms with Crippen LogP contribution in [0.15, 0.2) is 0 Å². The molecule has 0 aromatic heterocycles. The lowest BCUT2D eigenvalue weighted by Gasteiger charge is -2.22. The summed E-state index contributed by atoms with van der Waals surface area (Å²) in [5.74, 6) is 1.89. The summed E-state index contributed by atoms with van der Waals surface area (Å²) in [6.07, 6.45) is 2.14. The number of aliphatic hydroxyl groups excluding tert-OH is 1. The summed E-state index contributed by atoms with van der Waals surface area (Å²) in [7, 11) is 0. The van der Waals surface area contributed by atoms with Crippen LogP contribution in [0.3, 0.4) is 0 Å². The van der Waals surface area contributed by atoms with Crippen LogP contribution in [0.25, 0.3) is 0 Å². The summed E-state index contributed by atoms with van der Waals surface area (Å²) in [6.45, 7) is 4.34. The average molecular weight is 141 g/mol. The zero-order chi connectivity index (χ0) is 7.14. The van der Waals surface area contributed by atoms with Crippen molar-refractivity contribution in [2.75, 3.05) is 13.1 Å². The standard InChI is InChI=1S/C8H15NO/c1-2-8(10)9-4-6-3-7(6)5-9/h6-8,10H,2-5H2,1H3. The Morgan fingerprint density at radius 3 is 2.60 bits per heavy atom. The summed E-state index contributed by atoms with van der Waals surface area (Å²) in [6, 6.07) is 0. The van der Waals surface area contributed by atoms with Gasteiger partial charge in [-0.2, -0.15) is 0 Å². The first-order valence-corrected chi connectivity index (χ1v) is 4.23. The molecule has 1 heterocycles. The summed E-state index contributed by atoms with van der Waals surface area (Å²) >= 11 is 0. The van der Waals surface area contributed by atoms with Gasteiger partial charge in [-0.25, -0.2) is 0 Å². The topological polar surface area (TPSA) is 23.5 Å². The van der Waals surface area contributed by atoms with E-state index in [9.17, 15) is 5.11 Å². The molecule has 2 nitrogen and oxygen atoms in total. The summed E-state index contributed by atoms with van der Waals surface area (Å²) in [5, 5.41) is 9.42. The maximum absolute atomic E-state index is 9.42. The number of nitrogens with zero attached hydrogens (tertiary/aromatic N) is 1. The molecule has 1 N–H and O–H groups in total. The van der Waals surface area contributed by atoms with E-state index < -0.39 is 0 Å². The first kappa shape index (κ1) is 6.62. The smallest absolute Gasteiger partial charge is 0.107 e. The SMILES string of the molecule is CCC(O)N1CC2CC2C1. The second-order valence-corrected chi connectivity index (χ2v) is 3.60. The van der Waals surface area contributed by atoms with Crippen LogP contribution in [0, 0.1) is 11.8 Å². The van der Waals surface area contributed by atoms with E-state index in [0.717, 1.165) is 31.3 Å². The minimum atomic E-state index is -0.159. The summed E-state index contributed by atoms with van der Waals surface area (Å²) in [4.78, 5) is 2.21. The van der Waals surface area contributed by atoms with Crippen molar-refractivity contribution >= 4 is 0 Å². The third kappa shape index (κ3) is 0.956. The van der Waals surface area contributed by atoms with Crippen LogP contribution in [-0.2, 0) is 0 Å². The molecule has 1 saturated heterocycles. The van der Waals surface area contributed by atoms with Crippen molar-refractivity contribution in [2.45, 2.75) is 26.0 Å². The van der Waals surface area contributed by atoms with Gasteiger partial charge in [0.2, 0.25) is 0 Å². The number of rotatable bonds is 2. The van der Waals surface area contributed by atoms with Crippen molar-refractivity contribution in [2.24, 2.45) is 11.8 Å². The molecule has 0 amide bonds. The fourth-order valence-electron chi connectivity index (χ4n) is 1.94. The highest BCUT2D eigenvalue weighted by Crippen LogP contribution is 2.45. The molecule has 0 aromatic rings. The molecule has 0 aromatic carbocycles. The third-order valence-corrected chi connectivity index (χ3v) is 2.79. The molecular weight excluding hydrogens is 126 g/mol. The van der Waals surface area contributed by atoms with Gasteiger partial charge in [-0.15, -0.1) is 0 Å². The molecule has 0 radical (unpaired) electrons. The highest BCUT2D eigenvalue weighted by Gasteiger charge is 2.46. The first-order valence-electron chi connectivity index (χ1n) is 4.23. The Labute approximate surface area is 61.8 Å². The second-order valence-electron chi connectivity index (χ2n) is 3.60. The molecular formula is C8H15NO. The zero-order valence-corrected chi connectivity index (χ0v) is 6.45. The predicted octanol–water partition coefficient (Wildman–Crippen LogP) is 0.667. The van der Waals surface area contributed by atoms with Crippen LogP contribution < -0.4 is 0 Å². The predicted molar refractivity (Wildman–Crippen MR) is 39.5 cm³/mol. The van der Waals surface area contributed by atoms with Gasteiger partial charge in [-0.1, -0.05) is 6.92 Å². The highest BCUT2D eigenvalue weighted by molar-refractivity contribution is 4.97. The molecule has 2 rings (SSSR count). The van der Waals surface area contributed by atoms with E-state index >= 15 is 0 Å². The molecule has 3 atom stereocenters. The Morgan fingerprint density at radius 2 is 2.10 bits per heavy atom. The lowest BCUT2D eigenvalue weighted by molar-refractivity contribution is 0.0100. The first-order chi connectivity index (χ1) is 4.81. The van der Waals surface area contributed by atoms with E-state index in [1.165, 1.54) is 6.42 Å². The van der Waals surface area contributed by atoms with Crippen molar-refractivity contribution < 1.29 is 5.11 Å². The van der Waals surface area contributed by atoms with Gasteiger partial charge >= 0.3 is 0 Å². The Balaban J connectivity index is 1.84. The number of hydrogen-bond acceptors (Lipinski definition) is 2. The Hall–Kier alpha value is -0.0800. The molecule has 1 saturated carbocycles. The molecule has 10 heavy (non-hydrogen) atoms. The lowest BCUT2D eigenvalue weighted by Crippen LogP contribution is -2.33. The van der Waals surface area contributed by atoms with Crippen LogP contribution in [0.2, 0.25) is 0 Å². The molecule has 58 valence electrons. The van der Waals surface area contributed by atoms with Crippen molar-refractivity contribution in [1.29, 1.82) is 0 Å². The third-order valence-electron chi connectivity index (χ3n) is 2.79. The van der Waals surface area contributed by atoms with Gasteiger partial charge in [-0.05, 0) is 24.7 Å². The summed E-state index contributed by atoms with van der Waals surface area (Å²) in [5.41, 5.74) is 0. The fraction of sp³-hybridized carbons (Fsp3) is 1.00. The normalized spacial score (nSPS) is 41.4. The van der Waals surface area contributed by atoms with E-state index in [-0.39, 0.29) is 6.23 Å². The van der Waals surface area contributed by atoms with Gasteiger partial charge in [0.25, 0.3) is 0 Å². The quantitative estimate of drug-likeness (QED) is 0.611. The van der Waals surface area contributed by atoms with E-state index in [4.69, 9.17) is 0 Å². The van der Waals surface area contributed by atoms with E-state index in [2.05, 4.69) is 4.90 Å². The van der Waals surface area contributed by atoms with Gasteiger partial charge in [0.05, 0.1) is 0 Å². The minimum absolute atomic E-state index is 0.159. The number of aliphatic hydroxyl groups is 1. The minimum Gasteiger partial charge on any atom is -0.378 e. The van der Waals surface area contributed by atoms with Crippen molar-refractivity contribution in [3.63, 3.8) is 0 Å². The van der Waals surface area contributed by atoms with Crippen molar-refractivity contribution in [1.82, 2.24) is 4.90 Å². The van der Waals surface area contributed by atoms with Crippen LogP contribution in [0.5, 0.6) is 0 Å². The fourth-order valence-corrected chi connectivity index (χ4v) is 1.94. The van der Waals surface area contributed by atoms with Crippen molar-refractivity contribution in [3.8, 4) is 0 Å². The number of fused-ring (bicyclic) bond motifs is 1. The Bertz CT molecular complexity index is 127. The maximum atomic E-state index is 9.42. The zero-order valence-electron chi connectivity index (χ0n) is 6.45. The molecule has 2 heteroatoms. The number of piperidine rings is 1. The largest absolute Gasteiger partial charge is 0.378 e. The average Bonchev–Trinajstić information content (AvgIpc) is 2.57. The lowest BCUT2D eigenvalue weighted by atomic mass is 10.3. The van der Waals surface area contributed by atoms with Gasteiger partial charge in [0, 0.05) is 13.1 Å². The molecule has 0 bridgehead atoms. The number of likely N-dealkylation sites (tertiary alicyclic amines) is 1. The second kappa shape index (κ2) is 2.21. The molecule has 2 aliphatic rings. The van der Waals surface area contributed by atoms with E-state index in [0.29, 0.717) is 0 Å². The van der Waals surface area contributed by atoms with Crippen LogP contribution in [-0.4, -0.2) is 29.3 Å². The number of hydrogen-bond donors (Lipinski definition) is 1. The highest BCUT2D eigenvalue weighted by atomic mass is 16.3. The molecule has 1 aliphatic carbocycles. The van der Waals surface area contributed by atoms with Crippen LogP contribution in [0.1, 0.15) is 19.8 Å². The van der Waals surface area contributed by atoms with Crippen LogP contribution in [0.4, 0.5) is 0 Å². The van der Waals surface area contributed by atoms with E-state index in [1.54, 1.807) is 0 Å². The van der Waals surface area contributed by atoms with Gasteiger partial charge in [-0.3, -0.25) is 4.90 Å². The monoisotopic (exact) mass is 141 g/mol. The molecule has 2 fully saturated rings. The van der Waals surface area contributed by atoms with Gasteiger partial charge in [0.1, 0.15) is 6.23 Å². The molecule has 1 aliphatic heterocycles. The molecule has 0 spiro atoms. The van der Waals surface area contributed by atoms with Gasteiger partial charge in [0.15, 0.2) is 0 Å². The Kier molecular flexibility index (Phi) is 1.46. The van der Waals surface area contributed by atoms with Crippen LogP contribution >= 0.6 is 0 Å². The van der Waals surface area contributed by atoms with Crippen molar-refractivity contribution in [3.05, 3.63) is 0 Å². The van der Waals surface area contributed by atoms with E-state index in [1.807, 2.05) is 6.92 Å². The summed E-state index contributed by atoms with van der Waals surface area (Å²) < 4.78 is 0.